The lowest BCUT2D eigenvalue weighted by Crippen LogP contribution is -2.46. The summed E-state index contributed by atoms with van der Waals surface area (Å²) in [4.78, 5) is 34.4. The first-order valence-corrected chi connectivity index (χ1v) is 8.67. The van der Waals surface area contributed by atoms with E-state index in [0.29, 0.717) is 13.0 Å². The number of carbonyl (C=O) groups is 2. The second-order valence-electron chi connectivity index (χ2n) is 7.08. The van der Waals surface area contributed by atoms with E-state index >= 15 is 0 Å². The van der Waals surface area contributed by atoms with Gasteiger partial charge in [0.05, 0.1) is 0 Å². The molecule has 2 saturated heterocycles. The van der Waals surface area contributed by atoms with Crippen molar-refractivity contribution in [3.63, 3.8) is 0 Å². The van der Waals surface area contributed by atoms with Crippen molar-refractivity contribution in [3.05, 3.63) is 30.1 Å². The Morgan fingerprint density at radius 3 is 2.67 bits per heavy atom. The number of urea groups is 1. The van der Waals surface area contributed by atoms with Crippen LogP contribution in [-0.4, -0.2) is 64.3 Å². The maximum atomic E-state index is 12.5. The summed E-state index contributed by atoms with van der Waals surface area (Å²) in [6.45, 7) is 2.14. The highest BCUT2D eigenvalue weighted by molar-refractivity contribution is 5.80. The zero-order chi connectivity index (χ0) is 17.2. The standard InChI is InChI=1S/C18H26N4O2/c1-20(2)17(24)21-12-3-7-18(9-13-21)8-4-16(23)22(18)14-15-5-10-19-11-6-15/h5-6,10-11H,3-4,7-9,12-14H2,1-2H3. The van der Waals surface area contributed by atoms with Crippen molar-refractivity contribution in [3.8, 4) is 0 Å². The van der Waals surface area contributed by atoms with E-state index in [1.807, 2.05) is 17.0 Å². The molecular formula is C18H26N4O2. The largest absolute Gasteiger partial charge is 0.333 e. The summed E-state index contributed by atoms with van der Waals surface area (Å²) >= 11 is 0. The Morgan fingerprint density at radius 1 is 1.21 bits per heavy atom. The molecule has 0 aromatic carbocycles. The Morgan fingerprint density at radius 2 is 1.96 bits per heavy atom. The molecule has 3 heterocycles. The number of hydrogen-bond donors (Lipinski definition) is 0. The predicted molar refractivity (Wildman–Crippen MR) is 91.3 cm³/mol. The van der Waals surface area contributed by atoms with E-state index < -0.39 is 0 Å². The minimum atomic E-state index is -0.0955. The highest BCUT2D eigenvalue weighted by Gasteiger charge is 2.45. The van der Waals surface area contributed by atoms with E-state index in [4.69, 9.17) is 0 Å². The van der Waals surface area contributed by atoms with Crippen molar-refractivity contribution >= 4 is 11.9 Å². The molecular weight excluding hydrogens is 304 g/mol. The van der Waals surface area contributed by atoms with E-state index in [1.165, 1.54) is 0 Å². The number of hydrogen-bond acceptors (Lipinski definition) is 3. The van der Waals surface area contributed by atoms with Crippen LogP contribution in [0, 0.1) is 0 Å². The highest BCUT2D eigenvalue weighted by atomic mass is 16.2. The SMILES string of the molecule is CN(C)C(=O)N1CCCC2(CCC(=O)N2Cc2ccncc2)CC1. The minimum absolute atomic E-state index is 0.0667. The lowest BCUT2D eigenvalue weighted by Gasteiger charge is -2.38. The number of nitrogens with zero attached hydrogens (tertiary/aromatic N) is 4. The molecule has 1 aromatic rings. The fraction of sp³-hybridized carbons (Fsp3) is 0.611. The molecule has 2 aliphatic heterocycles. The van der Waals surface area contributed by atoms with Gasteiger partial charge in [-0.3, -0.25) is 9.78 Å². The minimum Gasteiger partial charge on any atom is -0.333 e. The van der Waals surface area contributed by atoms with Crippen LogP contribution in [-0.2, 0) is 11.3 Å². The Hall–Kier alpha value is -2.11. The summed E-state index contributed by atoms with van der Waals surface area (Å²) in [5.41, 5.74) is 1.02. The quantitative estimate of drug-likeness (QED) is 0.834. The second-order valence-corrected chi connectivity index (χ2v) is 7.08. The maximum absolute atomic E-state index is 12.5. The summed E-state index contributed by atoms with van der Waals surface area (Å²) in [5.74, 6) is 0.235. The maximum Gasteiger partial charge on any atom is 0.319 e. The smallest absolute Gasteiger partial charge is 0.319 e. The van der Waals surface area contributed by atoms with Gasteiger partial charge in [-0.15, -0.1) is 0 Å². The van der Waals surface area contributed by atoms with Crippen LogP contribution in [0.1, 0.15) is 37.7 Å². The van der Waals surface area contributed by atoms with Gasteiger partial charge in [0, 0.05) is 58.1 Å². The van der Waals surface area contributed by atoms with Gasteiger partial charge >= 0.3 is 6.03 Å². The van der Waals surface area contributed by atoms with E-state index in [2.05, 4.69) is 9.88 Å². The third-order valence-corrected chi connectivity index (χ3v) is 5.34. The number of aromatic nitrogens is 1. The van der Waals surface area contributed by atoms with Gasteiger partial charge in [-0.2, -0.15) is 0 Å². The van der Waals surface area contributed by atoms with E-state index in [1.54, 1.807) is 31.4 Å². The number of pyridine rings is 1. The van der Waals surface area contributed by atoms with Gasteiger partial charge in [0.2, 0.25) is 5.91 Å². The Labute approximate surface area is 143 Å². The van der Waals surface area contributed by atoms with E-state index in [-0.39, 0.29) is 17.5 Å². The molecule has 2 aliphatic rings. The summed E-state index contributed by atoms with van der Waals surface area (Å²) in [7, 11) is 3.58. The van der Waals surface area contributed by atoms with E-state index in [0.717, 1.165) is 44.3 Å². The van der Waals surface area contributed by atoms with Crippen molar-refractivity contribution in [1.29, 1.82) is 0 Å². The van der Waals surface area contributed by atoms with Crippen molar-refractivity contribution in [1.82, 2.24) is 19.7 Å². The monoisotopic (exact) mass is 330 g/mol. The second kappa shape index (κ2) is 6.79. The Kier molecular flexibility index (Phi) is 4.73. The zero-order valence-corrected chi connectivity index (χ0v) is 14.6. The summed E-state index contributed by atoms with van der Waals surface area (Å²) in [5, 5.41) is 0. The molecule has 3 amide bonds. The van der Waals surface area contributed by atoms with Crippen molar-refractivity contribution in [2.24, 2.45) is 0 Å². The molecule has 24 heavy (non-hydrogen) atoms. The Balaban J connectivity index is 1.75. The van der Waals surface area contributed by atoms with Crippen LogP contribution in [0.4, 0.5) is 4.79 Å². The lowest BCUT2D eigenvalue weighted by atomic mass is 9.87. The summed E-state index contributed by atoms with van der Waals surface area (Å²) in [6, 6.07) is 4.01. The molecule has 3 rings (SSSR count). The average molecular weight is 330 g/mol. The molecule has 130 valence electrons. The first kappa shape index (κ1) is 16.7. The molecule has 1 spiro atoms. The normalized spacial score (nSPS) is 24.3. The summed E-state index contributed by atoms with van der Waals surface area (Å²) < 4.78 is 0. The van der Waals surface area contributed by atoms with Crippen molar-refractivity contribution in [2.45, 2.75) is 44.2 Å². The van der Waals surface area contributed by atoms with Gasteiger partial charge in [-0.05, 0) is 43.4 Å². The molecule has 1 aromatic heterocycles. The number of amides is 3. The first-order chi connectivity index (χ1) is 11.5. The van der Waals surface area contributed by atoms with Gasteiger partial charge in [0.25, 0.3) is 0 Å². The molecule has 6 nitrogen and oxygen atoms in total. The lowest BCUT2D eigenvalue weighted by molar-refractivity contribution is -0.132. The zero-order valence-electron chi connectivity index (χ0n) is 14.6. The summed E-state index contributed by atoms with van der Waals surface area (Å²) in [6.07, 6.45) is 7.85. The third-order valence-electron chi connectivity index (χ3n) is 5.34. The number of likely N-dealkylation sites (tertiary alicyclic amines) is 2. The van der Waals surface area contributed by atoms with Gasteiger partial charge in [-0.1, -0.05) is 0 Å². The van der Waals surface area contributed by atoms with E-state index in [9.17, 15) is 9.59 Å². The predicted octanol–water partition coefficient (Wildman–Crippen LogP) is 2.11. The van der Waals surface area contributed by atoms with Gasteiger partial charge < -0.3 is 14.7 Å². The van der Waals surface area contributed by atoms with Crippen molar-refractivity contribution < 1.29 is 9.59 Å². The highest BCUT2D eigenvalue weighted by Crippen LogP contribution is 2.40. The fourth-order valence-corrected chi connectivity index (χ4v) is 3.97. The average Bonchev–Trinajstić information content (AvgIpc) is 2.76. The van der Waals surface area contributed by atoms with Crippen LogP contribution < -0.4 is 0 Å². The van der Waals surface area contributed by atoms with Crippen LogP contribution >= 0.6 is 0 Å². The fourth-order valence-electron chi connectivity index (χ4n) is 3.97. The van der Waals surface area contributed by atoms with Crippen LogP contribution in [0.2, 0.25) is 0 Å². The molecule has 1 unspecified atom stereocenters. The molecule has 0 aliphatic carbocycles. The molecule has 0 saturated carbocycles. The molecule has 2 fully saturated rings. The molecule has 0 radical (unpaired) electrons. The van der Waals surface area contributed by atoms with Crippen LogP contribution in [0.15, 0.2) is 24.5 Å². The third kappa shape index (κ3) is 3.23. The van der Waals surface area contributed by atoms with Gasteiger partial charge in [0.1, 0.15) is 0 Å². The molecule has 0 bridgehead atoms. The van der Waals surface area contributed by atoms with Crippen molar-refractivity contribution in [2.75, 3.05) is 27.2 Å². The van der Waals surface area contributed by atoms with Crippen LogP contribution in [0.3, 0.4) is 0 Å². The van der Waals surface area contributed by atoms with Gasteiger partial charge in [0.15, 0.2) is 0 Å². The topological polar surface area (TPSA) is 56.8 Å². The first-order valence-electron chi connectivity index (χ1n) is 8.67. The van der Waals surface area contributed by atoms with Gasteiger partial charge in [-0.25, -0.2) is 4.79 Å². The van der Waals surface area contributed by atoms with Crippen LogP contribution in [0.25, 0.3) is 0 Å². The molecule has 0 N–H and O–H groups in total. The molecule has 1 atom stereocenters. The molecule has 6 heteroatoms. The number of rotatable bonds is 2. The van der Waals surface area contributed by atoms with Crippen LogP contribution in [0.5, 0.6) is 0 Å². The number of carbonyl (C=O) groups excluding carboxylic acids is 2. The Bertz CT molecular complexity index is 604.